The van der Waals surface area contributed by atoms with Gasteiger partial charge in [-0.1, -0.05) is 11.8 Å². The second kappa shape index (κ2) is 12.3. The Hall–Kier alpha value is -5.61. The van der Waals surface area contributed by atoms with Crippen LogP contribution in [0.5, 0.6) is 11.5 Å². The van der Waals surface area contributed by atoms with Crippen LogP contribution in [0.15, 0.2) is 35.3 Å². The van der Waals surface area contributed by atoms with E-state index in [1.807, 2.05) is 0 Å². The lowest BCUT2D eigenvalue weighted by Crippen LogP contribution is -2.39. The maximum Gasteiger partial charge on any atom is 0.418 e. The van der Waals surface area contributed by atoms with Crippen molar-refractivity contribution in [2.45, 2.75) is 13.1 Å². The minimum atomic E-state index is -4.77. The number of halogens is 5. The van der Waals surface area contributed by atoms with Crippen molar-refractivity contribution in [1.29, 1.82) is 0 Å². The summed E-state index contributed by atoms with van der Waals surface area (Å²) < 4.78 is 77.4. The molecular formula is C28H21F5N6O5. The number of benzene rings is 2. The fourth-order valence-electron chi connectivity index (χ4n) is 4.23. The fourth-order valence-corrected chi connectivity index (χ4v) is 4.23. The zero-order valence-electron chi connectivity index (χ0n) is 22.7. The van der Waals surface area contributed by atoms with Crippen molar-refractivity contribution in [3.8, 4) is 41.9 Å². The van der Waals surface area contributed by atoms with Crippen molar-refractivity contribution < 1.29 is 41.0 Å². The van der Waals surface area contributed by atoms with Crippen LogP contribution in [0.2, 0.25) is 0 Å². The Kier molecular flexibility index (Phi) is 8.77. The van der Waals surface area contributed by atoms with E-state index in [0.717, 1.165) is 24.0 Å². The van der Waals surface area contributed by atoms with Gasteiger partial charge in [0, 0.05) is 17.7 Å². The predicted octanol–water partition coefficient (Wildman–Crippen LogP) is 2.53. The van der Waals surface area contributed by atoms with E-state index in [2.05, 4.69) is 22.4 Å². The molecule has 228 valence electrons. The van der Waals surface area contributed by atoms with E-state index < -0.39 is 46.1 Å². The maximum atomic E-state index is 14.5. The normalized spacial score (nSPS) is 13.8. The maximum absolute atomic E-state index is 14.5. The number of hydrogen-bond acceptors (Lipinski definition) is 8. The van der Waals surface area contributed by atoms with Crippen LogP contribution < -0.4 is 36.1 Å². The summed E-state index contributed by atoms with van der Waals surface area (Å²) in [5.41, 5.74) is -0.651. The average molecular weight is 617 g/mol. The largest absolute Gasteiger partial charge is 0.481 e. The summed E-state index contributed by atoms with van der Waals surface area (Å²) in [5.74, 6) is 7.82. The molecule has 3 heterocycles. The van der Waals surface area contributed by atoms with E-state index in [1.54, 1.807) is 0 Å². The van der Waals surface area contributed by atoms with E-state index in [-0.39, 0.29) is 55.1 Å². The van der Waals surface area contributed by atoms with Gasteiger partial charge in [-0.15, -0.1) is 12.8 Å². The molecule has 0 bridgehead atoms. The first-order chi connectivity index (χ1) is 20.8. The Bertz CT molecular complexity index is 1790. The van der Waals surface area contributed by atoms with Gasteiger partial charge >= 0.3 is 6.18 Å². The van der Waals surface area contributed by atoms with Crippen molar-refractivity contribution in [2.24, 2.45) is 5.84 Å². The Balaban J connectivity index is 0.000000223. The van der Waals surface area contributed by atoms with Gasteiger partial charge in [0.25, 0.3) is 17.4 Å². The highest BCUT2D eigenvalue weighted by atomic mass is 19.4. The summed E-state index contributed by atoms with van der Waals surface area (Å²) in [6, 6.07) is 4.56. The molecule has 0 fully saturated rings. The van der Waals surface area contributed by atoms with E-state index in [4.69, 9.17) is 28.2 Å². The first-order valence-electron chi connectivity index (χ1n) is 12.4. The van der Waals surface area contributed by atoms with Crippen LogP contribution in [0.1, 0.15) is 11.1 Å². The van der Waals surface area contributed by atoms with Crippen molar-refractivity contribution in [1.82, 2.24) is 9.78 Å². The number of anilines is 3. The van der Waals surface area contributed by atoms with Crippen molar-refractivity contribution in [3.05, 3.63) is 63.6 Å². The predicted molar refractivity (Wildman–Crippen MR) is 147 cm³/mol. The Morgan fingerprint density at radius 1 is 0.909 bits per heavy atom. The molecule has 3 aromatic rings. The number of nitrogen functional groups attached to an aromatic ring is 1. The second-order valence-electron chi connectivity index (χ2n) is 9.06. The van der Waals surface area contributed by atoms with Gasteiger partial charge in [0.15, 0.2) is 24.8 Å². The van der Waals surface area contributed by atoms with E-state index >= 15 is 0 Å². The number of hydrazine groups is 1. The Morgan fingerprint density at radius 2 is 1.43 bits per heavy atom. The third kappa shape index (κ3) is 5.97. The summed E-state index contributed by atoms with van der Waals surface area (Å²) in [5, 5.41) is 3.44. The number of hydrogen-bond donors (Lipinski definition) is 2. The Labute approximate surface area is 245 Å². The molecule has 2 amide bonds. The number of aromatic nitrogens is 2. The third-order valence-electron chi connectivity index (χ3n) is 6.37. The number of nitrogens with one attached hydrogen (secondary N) is 1. The molecule has 2 aromatic carbocycles. The molecule has 16 heteroatoms. The zero-order chi connectivity index (χ0) is 32.3. The third-order valence-corrected chi connectivity index (χ3v) is 6.37. The molecule has 0 radical (unpaired) electrons. The molecule has 0 atom stereocenters. The van der Waals surface area contributed by atoms with E-state index in [9.17, 15) is 36.3 Å². The number of ether oxygens (including phenoxy) is 2. The number of nitrogens with two attached hydrogens (primary N) is 1. The number of fused-ring (bicyclic) bond motifs is 2. The van der Waals surface area contributed by atoms with Crippen LogP contribution in [-0.2, 0) is 15.8 Å². The number of nitrogens with zero attached hydrogens (tertiary/aromatic N) is 4. The highest BCUT2D eigenvalue weighted by molar-refractivity contribution is 5.99. The topological polar surface area (TPSA) is 132 Å². The van der Waals surface area contributed by atoms with Crippen LogP contribution in [0.3, 0.4) is 0 Å². The van der Waals surface area contributed by atoms with Gasteiger partial charge in [0.05, 0.1) is 41.9 Å². The highest BCUT2D eigenvalue weighted by Crippen LogP contribution is 2.37. The lowest BCUT2D eigenvalue weighted by atomic mass is 10.1. The smallest absolute Gasteiger partial charge is 0.418 e. The molecule has 1 aromatic heterocycles. The number of terminal acetylenes is 2. The number of alkyl halides is 3. The summed E-state index contributed by atoms with van der Waals surface area (Å²) in [4.78, 5) is 38.4. The fraction of sp³-hybridized carbons (Fsp3) is 0.214. The van der Waals surface area contributed by atoms with Crippen LogP contribution >= 0.6 is 0 Å². The minimum Gasteiger partial charge on any atom is -0.481 e. The quantitative estimate of drug-likeness (QED) is 0.198. The van der Waals surface area contributed by atoms with Gasteiger partial charge < -0.3 is 14.9 Å². The van der Waals surface area contributed by atoms with Crippen LogP contribution in [0, 0.1) is 43.2 Å². The molecule has 44 heavy (non-hydrogen) atoms. The van der Waals surface area contributed by atoms with Crippen LogP contribution in [-0.4, -0.2) is 47.9 Å². The molecule has 0 saturated carbocycles. The van der Waals surface area contributed by atoms with Crippen molar-refractivity contribution in [2.75, 3.05) is 41.5 Å². The van der Waals surface area contributed by atoms with Gasteiger partial charge in [0.2, 0.25) is 0 Å². The molecule has 0 aliphatic carbocycles. The number of amides is 2. The first-order valence-corrected chi connectivity index (χ1v) is 12.4. The summed E-state index contributed by atoms with van der Waals surface area (Å²) in [6.45, 7) is 0.449. The highest BCUT2D eigenvalue weighted by Gasteiger charge is 2.35. The van der Waals surface area contributed by atoms with Crippen LogP contribution in [0.25, 0.3) is 5.69 Å². The van der Waals surface area contributed by atoms with Crippen molar-refractivity contribution >= 4 is 28.9 Å². The van der Waals surface area contributed by atoms with Gasteiger partial charge in [0.1, 0.15) is 17.2 Å². The van der Waals surface area contributed by atoms with Crippen LogP contribution in [0.4, 0.5) is 39.0 Å². The molecular weight excluding hydrogens is 595 g/mol. The molecule has 5 rings (SSSR count). The molecule has 0 unspecified atom stereocenters. The zero-order valence-corrected chi connectivity index (χ0v) is 22.7. The van der Waals surface area contributed by atoms with Crippen molar-refractivity contribution in [3.63, 3.8) is 0 Å². The Morgan fingerprint density at radius 3 is 1.93 bits per heavy atom. The standard InChI is InChI=1S/C17H11F4N3O3.C11H10FN3O2/c1-3-4-23-13-6-12(11(18)5-14(13)27-8-15(23)25)24-16(26)9(2)10(7-22-24)17(19,20)21;1-2-3-15-9-5-8(14-13)7(12)4-10(9)17-6-11(15)16/h1,5-7H,4,8H2,2H3;1,4-5,14H,3,6,13H2. The molecule has 0 saturated heterocycles. The lowest BCUT2D eigenvalue weighted by Gasteiger charge is -2.28. The summed E-state index contributed by atoms with van der Waals surface area (Å²) in [7, 11) is 0. The van der Waals surface area contributed by atoms with Gasteiger partial charge in [-0.2, -0.15) is 23.0 Å². The minimum absolute atomic E-state index is 0.0165. The number of carbonyl (C=O) groups excluding carboxylic acids is 2. The second-order valence-corrected chi connectivity index (χ2v) is 9.06. The first kappa shape index (κ1) is 31.3. The van der Waals surface area contributed by atoms with E-state index in [0.29, 0.717) is 16.6 Å². The lowest BCUT2D eigenvalue weighted by molar-refractivity contribution is -0.138. The monoisotopic (exact) mass is 616 g/mol. The molecule has 3 N–H and O–H groups in total. The molecule has 2 aliphatic heterocycles. The molecule has 2 aliphatic rings. The summed E-state index contributed by atoms with van der Waals surface area (Å²) in [6.07, 6.45) is 6.08. The molecule has 11 nitrogen and oxygen atoms in total. The SMILES string of the molecule is C#CCN1C(=O)COc2cc(F)c(-n3ncc(C(F)(F)F)c(C)c3=O)cc21.C#CCN1C(=O)COc2cc(F)c(NN)cc21. The molecule has 0 spiro atoms. The number of rotatable bonds is 4. The van der Waals surface area contributed by atoms with Gasteiger partial charge in [-0.3, -0.25) is 30.0 Å². The summed E-state index contributed by atoms with van der Waals surface area (Å²) >= 11 is 0. The van der Waals surface area contributed by atoms with E-state index in [1.165, 1.54) is 17.0 Å². The average Bonchev–Trinajstić information content (AvgIpc) is 2.97. The number of carbonyl (C=O) groups is 2. The van der Waals surface area contributed by atoms with Gasteiger partial charge in [-0.25, -0.2) is 8.78 Å². The van der Waals surface area contributed by atoms with Gasteiger partial charge in [-0.05, 0) is 19.1 Å².